The second-order valence-corrected chi connectivity index (χ2v) is 5.92. The summed E-state index contributed by atoms with van der Waals surface area (Å²) in [5.74, 6) is -2.47. The van der Waals surface area contributed by atoms with Crippen LogP contribution in [0.25, 0.3) is 0 Å². The van der Waals surface area contributed by atoms with E-state index in [0.29, 0.717) is 13.1 Å². The molecule has 1 saturated heterocycles. The Labute approximate surface area is 118 Å². The summed E-state index contributed by atoms with van der Waals surface area (Å²) in [7, 11) is 0. The van der Waals surface area contributed by atoms with Crippen LogP contribution < -0.4 is 5.32 Å². The molecular formula is C15H21F2N3. The Bertz CT molecular complexity index is 470. The van der Waals surface area contributed by atoms with Crippen molar-refractivity contribution < 1.29 is 8.78 Å². The molecule has 1 fully saturated rings. The fraction of sp³-hybridized carbons (Fsp3) is 0.667. The molecule has 0 spiro atoms. The maximum absolute atomic E-state index is 13.2. The second-order valence-electron chi connectivity index (χ2n) is 5.92. The molecule has 3 heterocycles. The first kappa shape index (κ1) is 13.7. The smallest absolute Gasteiger partial charge is 0.250 e. The van der Waals surface area contributed by atoms with Crippen molar-refractivity contribution >= 4 is 6.21 Å². The molecule has 0 bridgehead atoms. The van der Waals surface area contributed by atoms with E-state index in [1.807, 2.05) is 12.4 Å². The molecule has 110 valence electrons. The van der Waals surface area contributed by atoms with Crippen LogP contribution in [0.3, 0.4) is 0 Å². The van der Waals surface area contributed by atoms with Gasteiger partial charge in [-0.3, -0.25) is 9.89 Å². The van der Waals surface area contributed by atoms with Gasteiger partial charge in [0.2, 0.25) is 0 Å². The minimum absolute atomic E-state index is 0.0188. The van der Waals surface area contributed by atoms with Crippen LogP contribution in [0.1, 0.15) is 39.0 Å². The first-order valence-corrected chi connectivity index (χ1v) is 7.34. The van der Waals surface area contributed by atoms with Gasteiger partial charge in [-0.15, -0.1) is 0 Å². The third-order valence-corrected chi connectivity index (χ3v) is 4.46. The molecule has 1 N–H and O–H groups in total. The van der Waals surface area contributed by atoms with Gasteiger partial charge in [-0.25, -0.2) is 8.78 Å². The Balaban J connectivity index is 1.69. The third-order valence-electron chi connectivity index (χ3n) is 4.46. The molecule has 3 aliphatic rings. The zero-order valence-electron chi connectivity index (χ0n) is 11.8. The van der Waals surface area contributed by atoms with E-state index >= 15 is 0 Å². The van der Waals surface area contributed by atoms with Gasteiger partial charge in [-0.2, -0.15) is 0 Å². The maximum Gasteiger partial charge on any atom is 0.250 e. The molecule has 20 heavy (non-hydrogen) atoms. The van der Waals surface area contributed by atoms with E-state index in [1.165, 1.54) is 11.3 Å². The number of alkyl halides is 2. The van der Waals surface area contributed by atoms with Crippen LogP contribution in [-0.4, -0.2) is 36.3 Å². The van der Waals surface area contributed by atoms with Crippen LogP contribution in [-0.2, 0) is 0 Å². The van der Waals surface area contributed by atoms with Gasteiger partial charge in [0, 0.05) is 50.5 Å². The number of hydrogen-bond donors (Lipinski definition) is 1. The normalized spacial score (nSPS) is 30.4. The quantitative estimate of drug-likeness (QED) is 0.800. The van der Waals surface area contributed by atoms with Crippen LogP contribution in [0, 0.1) is 0 Å². The minimum Gasteiger partial charge on any atom is -0.369 e. The fourth-order valence-electron chi connectivity index (χ4n) is 3.20. The van der Waals surface area contributed by atoms with Crippen LogP contribution >= 0.6 is 0 Å². The summed E-state index contributed by atoms with van der Waals surface area (Å²) in [6.45, 7) is 3.01. The molecule has 0 amide bonds. The van der Waals surface area contributed by atoms with Crippen LogP contribution in [0.5, 0.6) is 0 Å². The van der Waals surface area contributed by atoms with Gasteiger partial charge >= 0.3 is 0 Å². The summed E-state index contributed by atoms with van der Waals surface area (Å²) in [6, 6.07) is 0. The zero-order chi connectivity index (χ0) is 14.2. The standard InChI is InChI=1S/C15H21F2N3/c1-11-10-18-7-4-12-2-3-13(19-14(11)12)20-8-5-15(16,17)6-9-20/h7,10,13,19H,2-6,8-9H2,1H3. The highest BCUT2D eigenvalue weighted by Gasteiger charge is 2.37. The summed E-state index contributed by atoms with van der Waals surface area (Å²) in [5, 5.41) is 3.55. The largest absolute Gasteiger partial charge is 0.369 e. The molecule has 5 heteroatoms. The highest BCUT2D eigenvalue weighted by molar-refractivity contribution is 5.65. The van der Waals surface area contributed by atoms with Crippen molar-refractivity contribution in [3.05, 3.63) is 23.0 Å². The first-order valence-electron chi connectivity index (χ1n) is 7.34. The van der Waals surface area contributed by atoms with Crippen molar-refractivity contribution in [3.8, 4) is 0 Å². The molecule has 0 aromatic carbocycles. The zero-order valence-corrected chi connectivity index (χ0v) is 11.8. The molecule has 3 nitrogen and oxygen atoms in total. The number of allylic oxidation sites excluding steroid dienone is 2. The van der Waals surface area contributed by atoms with Crippen molar-refractivity contribution in [1.82, 2.24) is 10.2 Å². The number of likely N-dealkylation sites (tertiary alicyclic amines) is 1. The lowest BCUT2D eigenvalue weighted by molar-refractivity contribution is -0.0660. The molecule has 0 aliphatic carbocycles. The van der Waals surface area contributed by atoms with E-state index in [4.69, 9.17) is 0 Å². The topological polar surface area (TPSA) is 27.6 Å². The molecule has 0 aromatic rings. The highest BCUT2D eigenvalue weighted by Crippen LogP contribution is 2.32. The van der Waals surface area contributed by atoms with E-state index in [0.717, 1.165) is 24.8 Å². The Hall–Kier alpha value is -1.23. The van der Waals surface area contributed by atoms with Crippen molar-refractivity contribution in [2.24, 2.45) is 4.99 Å². The van der Waals surface area contributed by atoms with Gasteiger partial charge in [0.1, 0.15) is 0 Å². The fourth-order valence-corrected chi connectivity index (χ4v) is 3.20. The predicted octanol–water partition coefficient (Wildman–Crippen LogP) is 3.06. The Morgan fingerprint density at radius 2 is 2.10 bits per heavy atom. The summed E-state index contributed by atoms with van der Waals surface area (Å²) in [5.41, 5.74) is 3.70. The SMILES string of the molecule is CC1=CN=CCC2=C1NC(N1CCC(F)(F)CC1)CC2. The summed E-state index contributed by atoms with van der Waals surface area (Å²) in [6.07, 6.45) is 6.87. The van der Waals surface area contributed by atoms with E-state index in [1.54, 1.807) is 0 Å². The Morgan fingerprint density at radius 3 is 2.85 bits per heavy atom. The maximum atomic E-state index is 13.2. The second kappa shape index (κ2) is 5.28. The van der Waals surface area contributed by atoms with Crippen molar-refractivity contribution in [1.29, 1.82) is 0 Å². The first-order chi connectivity index (χ1) is 9.55. The molecule has 1 unspecified atom stereocenters. The van der Waals surface area contributed by atoms with Gasteiger partial charge < -0.3 is 5.32 Å². The van der Waals surface area contributed by atoms with E-state index in [9.17, 15) is 8.78 Å². The molecule has 0 saturated carbocycles. The lowest BCUT2D eigenvalue weighted by Crippen LogP contribution is -2.52. The number of nitrogens with zero attached hydrogens (tertiary/aromatic N) is 2. The number of hydrogen-bond acceptors (Lipinski definition) is 3. The lowest BCUT2D eigenvalue weighted by Gasteiger charge is -2.41. The lowest BCUT2D eigenvalue weighted by atomic mass is 9.95. The van der Waals surface area contributed by atoms with Gasteiger partial charge in [0.25, 0.3) is 5.92 Å². The highest BCUT2D eigenvalue weighted by atomic mass is 19.3. The van der Waals surface area contributed by atoms with Crippen LogP contribution in [0.2, 0.25) is 0 Å². The molecule has 0 radical (unpaired) electrons. The van der Waals surface area contributed by atoms with Crippen LogP contribution in [0.15, 0.2) is 28.0 Å². The molecule has 0 aromatic heterocycles. The molecule has 1 atom stereocenters. The van der Waals surface area contributed by atoms with Crippen molar-refractivity contribution in [2.45, 2.75) is 51.1 Å². The van der Waals surface area contributed by atoms with Crippen molar-refractivity contribution in [2.75, 3.05) is 13.1 Å². The van der Waals surface area contributed by atoms with E-state index in [2.05, 4.69) is 22.1 Å². The molecule has 3 rings (SSSR count). The van der Waals surface area contributed by atoms with E-state index < -0.39 is 5.92 Å². The van der Waals surface area contributed by atoms with Crippen LogP contribution in [0.4, 0.5) is 8.78 Å². The third kappa shape index (κ3) is 2.77. The number of piperidine rings is 1. The van der Waals surface area contributed by atoms with Gasteiger partial charge in [0.05, 0.1) is 6.17 Å². The Kier molecular flexibility index (Phi) is 3.63. The number of halogens is 2. The predicted molar refractivity (Wildman–Crippen MR) is 75.8 cm³/mol. The van der Waals surface area contributed by atoms with E-state index in [-0.39, 0.29) is 19.0 Å². The summed E-state index contributed by atoms with van der Waals surface area (Å²) >= 11 is 0. The number of rotatable bonds is 1. The van der Waals surface area contributed by atoms with Gasteiger partial charge in [0.15, 0.2) is 0 Å². The van der Waals surface area contributed by atoms with Gasteiger partial charge in [-0.05, 0) is 30.9 Å². The number of aliphatic imine (C=N–C) groups is 1. The monoisotopic (exact) mass is 281 g/mol. The van der Waals surface area contributed by atoms with Gasteiger partial charge in [-0.1, -0.05) is 0 Å². The number of nitrogens with one attached hydrogen (secondary N) is 1. The average molecular weight is 281 g/mol. The Morgan fingerprint density at radius 1 is 1.35 bits per heavy atom. The summed E-state index contributed by atoms with van der Waals surface area (Å²) < 4.78 is 26.5. The molecular weight excluding hydrogens is 260 g/mol. The minimum atomic E-state index is -2.47. The summed E-state index contributed by atoms with van der Waals surface area (Å²) in [4.78, 5) is 6.42. The molecule has 3 aliphatic heterocycles. The van der Waals surface area contributed by atoms with Crippen molar-refractivity contribution in [3.63, 3.8) is 0 Å². The average Bonchev–Trinajstić information content (AvgIpc) is 2.61.